The van der Waals surface area contributed by atoms with Gasteiger partial charge in [-0.05, 0) is 5.75 Å². The van der Waals surface area contributed by atoms with Crippen molar-refractivity contribution >= 4 is 55.6 Å². The van der Waals surface area contributed by atoms with Gasteiger partial charge in [0.2, 0.25) is 0 Å². The monoisotopic (exact) mass is 368 g/mol. The Morgan fingerprint density at radius 2 is 1.23 bits per heavy atom. The molecule has 0 radical (unpaired) electrons. The zero-order valence-corrected chi connectivity index (χ0v) is 15.4. The number of hydrogen-bond donors (Lipinski definition) is 3. The Bertz CT molecular complexity index is 351. The second kappa shape index (κ2) is 12.1. The first-order valence-electron chi connectivity index (χ1n) is 7.02. The van der Waals surface area contributed by atoms with E-state index in [1.54, 1.807) is 6.92 Å². The van der Waals surface area contributed by atoms with Crippen LogP contribution in [0.2, 0.25) is 0 Å². The molecule has 0 rings (SSSR count). The first-order chi connectivity index (χ1) is 10.4. The molecule has 0 aromatic rings. The highest BCUT2D eigenvalue weighted by Crippen LogP contribution is 2.24. The van der Waals surface area contributed by atoms with E-state index in [0.29, 0.717) is 23.7 Å². The molecule has 0 amide bonds. The molecule has 0 aliphatic rings. The zero-order chi connectivity index (χ0) is 17.0. The molecule has 0 unspecified atom stereocenters. The number of rotatable bonds is 12. The van der Waals surface area contributed by atoms with Crippen molar-refractivity contribution in [2.45, 2.75) is 32.6 Å². The first kappa shape index (κ1) is 21.7. The van der Waals surface area contributed by atoms with Crippen molar-refractivity contribution in [1.29, 1.82) is 0 Å². The third kappa shape index (κ3) is 10.4. The summed E-state index contributed by atoms with van der Waals surface area (Å²) < 4.78 is 10.3. The van der Waals surface area contributed by atoms with Gasteiger partial charge in [-0.1, -0.05) is 6.92 Å². The van der Waals surface area contributed by atoms with Gasteiger partial charge in [0.25, 0.3) is 0 Å². The standard InChI is InChI=1S/C14H24O5S3/c1-14(8-11(15)2-5-20,9-18-12(16)3-6-21)10-19-13(17)4-7-22/h20-22H,2-10H2,1H3. The number of Topliss-reactive ketones (excluding diaryl/α,β-unsaturated/α-hetero) is 1. The Labute approximate surface area is 148 Å². The molecule has 0 spiro atoms. The quantitative estimate of drug-likeness (QED) is 0.363. The molecule has 0 N–H and O–H groups in total. The van der Waals surface area contributed by atoms with Crippen molar-refractivity contribution in [2.75, 3.05) is 30.5 Å². The van der Waals surface area contributed by atoms with Crippen LogP contribution < -0.4 is 0 Å². The molecule has 0 fully saturated rings. The van der Waals surface area contributed by atoms with Crippen LogP contribution in [0.3, 0.4) is 0 Å². The molecule has 0 aliphatic heterocycles. The molecule has 8 heteroatoms. The van der Waals surface area contributed by atoms with Crippen molar-refractivity contribution in [3.8, 4) is 0 Å². The Morgan fingerprint density at radius 1 is 0.818 bits per heavy atom. The van der Waals surface area contributed by atoms with E-state index in [1.165, 1.54) is 0 Å². The molecule has 128 valence electrons. The van der Waals surface area contributed by atoms with E-state index in [2.05, 4.69) is 37.9 Å². The second-order valence-electron chi connectivity index (χ2n) is 5.27. The van der Waals surface area contributed by atoms with Crippen LogP contribution >= 0.6 is 37.9 Å². The lowest BCUT2D eigenvalue weighted by molar-refractivity contribution is -0.154. The molecule has 0 aromatic heterocycles. The minimum Gasteiger partial charge on any atom is -0.465 e. The number of ether oxygens (including phenoxy) is 2. The molecule has 0 atom stereocenters. The predicted molar refractivity (Wildman–Crippen MR) is 95.1 cm³/mol. The number of esters is 2. The smallest absolute Gasteiger partial charge is 0.306 e. The fraction of sp³-hybridized carbons (Fsp3) is 0.786. The molecule has 0 bridgehead atoms. The summed E-state index contributed by atoms with van der Waals surface area (Å²) >= 11 is 11.9. The van der Waals surface area contributed by atoms with Gasteiger partial charge in [0, 0.05) is 29.8 Å². The molecule has 0 aromatic carbocycles. The van der Waals surface area contributed by atoms with E-state index in [4.69, 9.17) is 9.47 Å². The predicted octanol–water partition coefficient (Wildman–Crippen LogP) is 2.00. The number of ketones is 1. The van der Waals surface area contributed by atoms with Crippen LogP contribution in [0.25, 0.3) is 0 Å². The topological polar surface area (TPSA) is 69.7 Å². The maximum Gasteiger partial charge on any atom is 0.306 e. The van der Waals surface area contributed by atoms with Gasteiger partial charge in [-0.3, -0.25) is 14.4 Å². The highest BCUT2D eigenvalue weighted by molar-refractivity contribution is 7.80. The Morgan fingerprint density at radius 3 is 1.59 bits per heavy atom. The van der Waals surface area contributed by atoms with Crippen LogP contribution in [0.4, 0.5) is 0 Å². The molecule has 0 aliphatic carbocycles. The Hall–Kier alpha value is -0.340. The summed E-state index contributed by atoms with van der Waals surface area (Å²) in [4.78, 5) is 34.8. The molecule has 0 saturated carbocycles. The molecule has 0 heterocycles. The number of hydrogen-bond acceptors (Lipinski definition) is 8. The number of carbonyl (C=O) groups is 3. The molecular formula is C14H24O5S3. The molecule has 5 nitrogen and oxygen atoms in total. The summed E-state index contributed by atoms with van der Waals surface area (Å²) in [5.41, 5.74) is -0.738. The maximum absolute atomic E-state index is 11.8. The minimum atomic E-state index is -0.738. The van der Waals surface area contributed by atoms with E-state index in [0.717, 1.165) is 0 Å². The van der Waals surface area contributed by atoms with Crippen LogP contribution in [0.15, 0.2) is 0 Å². The Balaban J connectivity index is 4.62. The van der Waals surface area contributed by atoms with Crippen LogP contribution in [-0.2, 0) is 23.9 Å². The van der Waals surface area contributed by atoms with Gasteiger partial charge in [-0.15, -0.1) is 0 Å². The van der Waals surface area contributed by atoms with Crippen LogP contribution in [0.5, 0.6) is 0 Å². The lowest BCUT2D eigenvalue weighted by Crippen LogP contribution is -2.34. The Kier molecular flexibility index (Phi) is 11.9. The van der Waals surface area contributed by atoms with Gasteiger partial charge in [-0.2, -0.15) is 37.9 Å². The fourth-order valence-corrected chi connectivity index (χ4v) is 2.28. The van der Waals surface area contributed by atoms with Crippen LogP contribution in [0, 0.1) is 5.41 Å². The number of carbonyl (C=O) groups excluding carboxylic acids is 3. The SMILES string of the molecule is CC(COC(=O)CCS)(COC(=O)CCS)CC(=O)CCS. The van der Waals surface area contributed by atoms with E-state index >= 15 is 0 Å². The van der Waals surface area contributed by atoms with Crippen LogP contribution in [0.1, 0.15) is 32.6 Å². The minimum absolute atomic E-state index is 0.00649. The molecular weight excluding hydrogens is 344 g/mol. The first-order valence-corrected chi connectivity index (χ1v) is 8.92. The lowest BCUT2D eigenvalue weighted by atomic mass is 9.86. The van der Waals surface area contributed by atoms with Gasteiger partial charge >= 0.3 is 11.9 Å². The van der Waals surface area contributed by atoms with E-state index in [-0.39, 0.29) is 50.2 Å². The average molecular weight is 369 g/mol. The van der Waals surface area contributed by atoms with Crippen molar-refractivity contribution in [2.24, 2.45) is 5.41 Å². The molecule has 0 saturated heterocycles. The summed E-state index contributed by atoms with van der Waals surface area (Å²) in [6.07, 6.45) is 0.885. The van der Waals surface area contributed by atoms with E-state index < -0.39 is 5.41 Å². The second-order valence-corrected chi connectivity index (χ2v) is 6.61. The molecule has 22 heavy (non-hydrogen) atoms. The summed E-state index contributed by atoms with van der Waals surface area (Å²) in [7, 11) is 0. The summed E-state index contributed by atoms with van der Waals surface area (Å²) in [5, 5.41) is 0. The fourth-order valence-electron chi connectivity index (χ4n) is 1.67. The van der Waals surface area contributed by atoms with Gasteiger partial charge in [0.1, 0.15) is 19.0 Å². The number of thiol groups is 3. The van der Waals surface area contributed by atoms with Crippen molar-refractivity contribution in [3.05, 3.63) is 0 Å². The van der Waals surface area contributed by atoms with E-state index in [1.807, 2.05) is 0 Å². The zero-order valence-electron chi connectivity index (χ0n) is 12.7. The highest BCUT2D eigenvalue weighted by Gasteiger charge is 2.31. The van der Waals surface area contributed by atoms with Crippen LogP contribution in [-0.4, -0.2) is 48.2 Å². The van der Waals surface area contributed by atoms with Gasteiger partial charge in [0.05, 0.1) is 12.8 Å². The largest absolute Gasteiger partial charge is 0.465 e. The van der Waals surface area contributed by atoms with Crippen molar-refractivity contribution in [1.82, 2.24) is 0 Å². The summed E-state index contributed by atoms with van der Waals surface area (Å²) in [5.74, 6) is 0.464. The highest BCUT2D eigenvalue weighted by atomic mass is 32.1. The maximum atomic E-state index is 11.8. The normalized spacial score (nSPS) is 11.1. The van der Waals surface area contributed by atoms with Crippen molar-refractivity contribution in [3.63, 3.8) is 0 Å². The lowest BCUT2D eigenvalue weighted by Gasteiger charge is -2.28. The third-order valence-corrected chi connectivity index (χ3v) is 3.48. The third-order valence-electron chi connectivity index (χ3n) is 2.81. The van der Waals surface area contributed by atoms with Gasteiger partial charge < -0.3 is 9.47 Å². The summed E-state index contributed by atoms with van der Waals surface area (Å²) in [6.45, 7) is 1.80. The van der Waals surface area contributed by atoms with Gasteiger partial charge in [0.15, 0.2) is 0 Å². The van der Waals surface area contributed by atoms with Crippen molar-refractivity contribution < 1.29 is 23.9 Å². The average Bonchev–Trinajstić information content (AvgIpc) is 2.44. The van der Waals surface area contributed by atoms with Gasteiger partial charge in [-0.25, -0.2) is 0 Å². The van der Waals surface area contributed by atoms with E-state index in [9.17, 15) is 14.4 Å². The summed E-state index contributed by atoms with van der Waals surface area (Å²) in [6, 6.07) is 0.